The Morgan fingerprint density at radius 3 is 2.85 bits per heavy atom. The molecule has 1 heterocycles. The Morgan fingerprint density at radius 1 is 1.35 bits per heavy atom. The molecule has 0 aliphatic rings. The number of benzene rings is 1. The molecule has 0 atom stereocenters. The largest absolute Gasteiger partial charge is 0.496 e. The summed E-state index contributed by atoms with van der Waals surface area (Å²) in [6.45, 7) is 5.75. The maximum Gasteiger partial charge on any atom is 0.124 e. The number of hydrogen-bond donors (Lipinski definition) is 1. The van der Waals surface area contributed by atoms with Gasteiger partial charge in [0.25, 0.3) is 0 Å². The quantitative estimate of drug-likeness (QED) is 0.879. The lowest BCUT2D eigenvalue weighted by molar-refractivity contribution is 0.407. The fourth-order valence-corrected chi connectivity index (χ4v) is 2.35. The summed E-state index contributed by atoms with van der Waals surface area (Å²) in [6.07, 6.45) is 2.00. The summed E-state index contributed by atoms with van der Waals surface area (Å²) in [7, 11) is 1.69. The van der Waals surface area contributed by atoms with Crippen molar-refractivity contribution in [3.63, 3.8) is 0 Å². The molecule has 0 bridgehead atoms. The first-order valence-electron chi connectivity index (χ1n) is 6.66. The zero-order valence-corrected chi connectivity index (χ0v) is 13.6. The smallest absolute Gasteiger partial charge is 0.124 e. The van der Waals surface area contributed by atoms with E-state index in [0.29, 0.717) is 12.6 Å². The molecular weight excluding hydrogens is 318 g/mol. The highest BCUT2D eigenvalue weighted by molar-refractivity contribution is 9.10. The molecule has 4 nitrogen and oxygen atoms in total. The van der Waals surface area contributed by atoms with Crippen LogP contribution >= 0.6 is 15.9 Å². The van der Waals surface area contributed by atoms with Gasteiger partial charge in [-0.1, -0.05) is 29.8 Å². The topological polar surface area (TPSA) is 39.1 Å². The minimum Gasteiger partial charge on any atom is -0.496 e. The zero-order valence-electron chi connectivity index (χ0n) is 12.1. The molecule has 108 valence electrons. The van der Waals surface area contributed by atoms with Crippen LogP contribution in [0.3, 0.4) is 0 Å². The van der Waals surface area contributed by atoms with Gasteiger partial charge >= 0.3 is 0 Å². The summed E-state index contributed by atoms with van der Waals surface area (Å²) in [5.41, 5.74) is 2.15. The number of rotatable bonds is 6. The van der Waals surface area contributed by atoms with Gasteiger partial charge in [-0.2, -0.15) is 5.10 Å². The third-order valence-electron chi connectivity index (χ3n) is 2.96. The van der Waals surface area contributed by atoms with Crippen LogP contribution in [-0.4, -0.2) is 22.9 Å². The van der Waals surface area contributed by atoms with Gasteiger partial charge in [0.15, 0.2) is 0 Å². The summed E-state index contributed by atoms with van der Waals surface area (Å²) in [4.78, 5) is 0. The Morgan fingerprint density at radius 2 is 2.15 bits per heavy atom. The third-order valence-corrected chi connectivity index (χ3v) is 3.46. The van der Waals surface area contributed by atoms with Crippen LogP contribution < -0.4 is 10.1 Å². The molecule has 0 fully saturated rings. The van der Waals surface area contributed by atoms with E-state index in [9.17, 15) is 0 Å². The van der Waals surface area contributed by atoms with E-state index in [0.717, 1.165) is 28.0 Å². The van der Waals surface area contributed by atoms with Crippen LogP contribution in [0.4, 0.5) is 0 Å². The van der Waals surface area contributed by atoms with Gasteiger partial charge in [0, 0.05) is 28.8 Å². The SMILES string of the molecule is COc1ccc(Br)cc1Cn1ccc(CNC(C)C)n1. The molecule has 2 rings (SSSR count). The van der Waals surface area contributed by atoms with Gasteiger partial charge in [-0.3, -0.25) is 4.68 Å². The predicted molar refractivity (Wildman–Crippen MR) is 84.0 cm³/mol. The van der Waals surface area contributed by atoms with Crippen LogP contribution in [0.2, 0.25) is 0 Å². The molecule has 0 radical (unpaired) electrons. The first-order chi connectivity index (χ1) is 9.58. The molecule has 0 spiro atoms. The van der Waals surface area contributed by atoms with E-state index in [1.807, 2.05) is 29.1 Å². The molecule has 1 N–H and O–H groups in total. The fraction of sp³-hybridized carbons (Fsp3) is 0.400. The van der Waals surface area contributed by atoms with Crippen molar-refractivity contribution in [2.45, 2.75) is 33.0 Å². The van der Waals surface area contributed by atoms with Crippen molar-refractivity contribution in [1.29, 1.82) is 0 Å². The Kier molecular flexibility index (Phi) is 5.20. The van der Waals surface area contributed by atoms with Gasteiger partial charge in [-0.05, 0) is 24.3 Å². The molecule has 0 saturated carbocycles. The second-order valence-corrected chi connectivity index (χ2v) is 5.91. The van der Waals surface area contributed by atoms with Crippen molar-refractivity contribution < 1.29 is 4.74 Å². The molecule has 0 aliphatic heterocycles. The molecule has 5 heteroatoms. The highest BCUT2D eigenvalue weighted by atomic mass is 79.9. The van der Waals surface area contributed by atoms with E-state index in [-0.39, 0.29) is 0 Å². The van der Waals surface area contributed by atoms with Crippen LogP contribution in [0.15, 0.2) is 34.9 Å². The van der Waals surface area contributed by atoms with Crippen molar-refractivity contribution in [1.82, 2.24) is 15.1 Å². The normalized spacial score (nSPS) is 11.1. The van der Waals surface area contributed by atoms with Gasteiger partial charge in [-0.25, -0.2) is 0 Å². The Bertz CT molecular complexity index is 566. The van der Waals surface area contributed by atoms with E-state index in [4.69, 9.17) is 4.74 Å². The molecule has 1 aromatic carbocycles. The zero-order chi connectivity index (χ0) is 14.5. The standard InChI is InChI=1S/C15H20BrN3O/c1-11(2)17-9-14-6-7-19(18-14)10-12-8-13(16)4-5-15(12)20-3/h4-8,11,17H,9-10H2,1-3H3. The van der Waals surface area contributed by atoms with Crippen molar-refractivity contribution in [2.24, 2.45) is 0 Å². The van der Waals surface area contributed by atoms with Crippen LogP contribution in [-0.2, 0) is 13.1 Å². The fourth-order valence-electron chi connectivity index (χ4n) is 1.94. The predicted octanol–water partition coefficient (Wildman–Crippen LogP) is 3.20. The molecule has 0 amide bonds. The van der Waals surface area contributed by atoms with Crippen LogP contribution in [0.5, 0.6) is 5.75 Å². The van der Waals surface area contributed by atoms with Gasteiger partial charge in [0.05, 0.1) is 19.3 Å². The Hall–Kier alpha value is -1.33. The Balaban J connectivity index is 2.08. The van der Waals surface area contributed by atoms with E-state index in [1.54, 1.807) is 7.11 Å². The summed E-state index contributed by atoms with van der Waals surface area (Å²) in [5, 5.41) is 7.93. The second kappa shape index (κ2) is 6.90. The molecule has 0 saturated heterocycles. The highest BCUT2D eigenvalue weighted by Gasteiger charge is 2.06. The average Bonchev–Trinajstić information content (AvgIpc) is 2.84. The van der Waals surface area contributed by atoms with Gasteiger partial charge < -0.3 is 10.1 Å². The molecule has 0 unspecified atom stereocenters. The van der Waals surface area contributed by atoms with Crippen LogP contribution in [0, 0.1) is 0 Å². The average molecular weight is 338 g/mol. The minimum atomic E-state index is 0.463. The van der Waals surface area contributed by atoms with Crippen molar-refractivity contribution >= 4 is 15.9 Å². The number of nitrogens with zero attached hydrogens (tertiary/aromatic N) is 2. The van der Waals surface area contributed by atoms with Gasteiger partial charge in [-0.15, -0.1) is 0 Å². The number of aromatic nitrogens is 2. The van der Waals surface area contributed by atoms with E-state index >= 15 is 0 Å². The molecule has 20 heavy (non-hydrogen) atoms. The van der Waals surface area contributed by atoms with Crippen LogP contribution in [0.1, 0.15) is 25.1 Å². The van der Waals surface area contributed by atoms with Crippen molar-refractivity contribution in [3.05, 3.63) is 46.2 Å². The highest BCUT2D eigenvalue weighted by Crippen LogP contribution is 2.23. The lowest BCUT2D eigenvalue weighted by atomic mass is 10.2. The number of halogens is 1. The Labute approximate surface area is 128 Å². The lowest BCUT2D eigenvalue weighted by Crippen LogP contribution is -2.22. The summed E-state index contributed by atoms with van der Waals surface area (Å²) >= 11 is 3.49. The number of hydrogen-bond acceptors (Lipinski definition) is 3. The first-order valence-corrected chi connectivity index (χ1v) is 7.46. The number of methoxy groups -OCH3 is 1. The molecular formula is C15H20BrN3O. The maximum absolute atomic E-state index is 5.38. The second-order valence-electron chi connectivity index (χ2n) is 5.00. The molecule has 2 aromatic rings. The summed E-state index contributed by atoms with van der Waals surface area (Å²) in [5.74, 6) is 0.880. The third kappa shape index (κ3) is 4.08. The van der Waals surface area contributed by atoms with Gasteiger partial charge in [0.1, 0.15) is 5.75 Å². The lowest BCUT2D eigenvalue weighted by Gasteiger charge is -2.09. The first kappa shape index (κ1) is 15.1. The molecule has 1 aromatic heterocycles. The minimum absolute atomic E-state index is 0.463. The van der Waals surface area contributed by atoms with Gasteiger partial charge in [0.2, 0.25) is 0 Å². The maximum atomic E-state index is 5.38. The number of ether oxygens (including phenoxy) is 1. The summed E-state index contributed by atoms with van der Waals surface area (Å²) < 4.78 is 8.36. The van der Waals surface area contributed by atoms with E-state index in [2.05, 4.69) is 46.3 Å². The monoisotopic (exact) mass is 337 g/mol. The van der Waals surface area contributed by atoms with Crippen molar-refractivity contribution in [3.8, 4) is 5.75 Å². The summed E-state index contributed by atoms with van der Waals surface area (Å²) in [6, 6.07) is 8.50. The number of nitrogens with one attached hydrogen (secondary N) is 1. The van der Waals surface area contributed by atoms with Crippen LogP contribution in [0.25, 0.3) is 0 Å². The molecule has 0 aliphatic carbocycles. The van der Waals surface area contributed by atoms with E-state index < -0.39 is 0 Å². The van der Waals surface area contributed by atoms with E-state index in [1.165, 1.54) is 0 Å². The van der Waals surface area contributed by atoms with Crippen molar-refractivity contribution in [2.75, 3.05) is 7.11 Å².